The van der Waals surface area contributed by atoms with Crippen molar-refractivity contribution < 1.29 is 4.79 Å². The summed E-state index contributed by atoms with van der Waals surface area (Å²) in [6.07, 6.45) is 0. The molecule has 0 bridgehead atoms. The Kier molecular flexibility index (Phi) is 2.09. The summed E-state index contributed by atoms with van der Waals surface area (Å²) < 4.78 is 0. The van der Waals surface area contributed by atoms with Crippen LogP contribution in [0.2, 0.25) is 13.1 Å². The van der Waals surface area contributed by atoms with E-state index in [0.29, 0.717) is 5.41 Å². The van der Waals surface area contributed by atoms with Crippen LogP contribution in [-0.4, -0.2) is 14.2 Å². The average molecular weight is 102 g/mol. The third-order valence-electron chi connectivity index (χ3n) is 0.813. The number of carbonyl (C=O) groups is 1. The molecule has 0 aliphatic rings. The van der Waals surface area contributed by atoms with Crippen LogP contribution in [0.15, 0.2) is 0 Å². The van der Waals surface area contributed by atoms with Gasteiger partial charge in [-0.3, -0.25) is 0 Å². The maximum Gasteiger partial charge on any atom is 0.110 e. The second-order valence-corrected chi connectivity index (χ2v) is 4.89. The molecule has 0 unspecified atom stereocenters. The first-order valence-corrected chi connectivity index (χ1v) is 5.03. The van der Waals surface area contributed by atoms with Gasteiger partial charge in [0, 0.05) is 0 Å². The minimum absolute atomic E-state index is 0.398. The normalized spacial score (nSPS) is 9.33. The fourth-order valence-electron chi connectivity index (χ4n) is 0. The van der Waals surface area contributed by atoms with Crippen molar-refractivity contribution in [2.45, 2.75) is 20.0 Å². The molecule has 6 heavy (non-hydrogen) atoms. The molecule has 2 heteroatoms. The predicted octanol–water partition coefficient (Wildman–Crippen LogP) is 0.601. The van der Waals surface area contributed by atoms with Gasteiger partial charge in [0.1, 0.15) is 14.2 Å². The lowest BCUT2D eigenvalue weighted by molar-refractivity contribution is -0.110. The summed E-state index contributed by atoms with van der Waals surface area (Å²) in [7, 11) is -0.883. The van der Waals surface area contributed by atoms with Crippen molar-refractivity contribution >= 4 is 14.2 Å². The summed E-state index contributed by atoms with van der Waals surface area (Å²) >= 11 is 0. The maximum absolute atomic E-state index is 10.2. The van der Waals surface area contributed by atoms with Crippen molar-refractivity contribution in [1.29, 1.82) is 0 Å². The van der Waals surface area contributed by atoms with E-state index in [-0.39, 0.29) is 0 Å². The van der Waals surface area contributed by atoms with E-state index in [1.165, 1.54) is 0 Å². The van der Waals surface area contributed by atoms with Gasteiger partial charge in [-0.05, 0) is 6.92 Å². The Hall–Kier alpha value is -0.113. The van der Waals surface area contributed by atoms with E-state index in [2.05, 4.69) is 0 Å². The molecule has 0 aromatic carbocycles. The van der Waals surface area contributed by atoms with Gasteiger partial charge < -0.3 is 4.79 Å². The van der Waals surface area contributed by atoms with Crippen LogP contribution in [0.5, 0.6) is 0 Å². The molecule has 0 aromatic heterocycles. The molecule has 36 valence electrons. The molecular weight excluding hydrogens is 92.1 g/mol. The van der Waals surface area contributed by atoms with Gasteiger partial charge in [0.05, 0.1) is 0 Å². The van der Waals surface area contributed by atoms with Crippen LogP contribution < -0.4 is 0 Å². The van der Waals surface area contributed by atoms with Crippen LogP contribution in [0.3, 0.4) is 0 Å². The smallest absolute Gasteiger partial charge is 0.110 e. The van der Waals surface area contributed by atoms with Crippen molar-refractivity contribution in [2.24, 2.45) is 0 Å². The number of hydrogen-bond acceptors (Lipinski definition) is 1. The van der Waals surface area contributed by atoms with Crippen LogP contribution in [0, 0.1) is 0 Å². The molecule has 0 aromatic rings. The van der Waals surface area contributed by atoms with Gasteiger partial charge in [0.2, 0.25) is 0 Å². The highest BCUT2D eigenvalue weighted by Gasteiger charge is 1.97. The summed E-state index contributed by atoms with van der Waals surface area (Å²) in [5.41, 5.74) is 0. The lowest BCUT2D eigenvalue weighted by atomic mass is 10.9. The Morgan fingerprint density at radius 2 is 1.67 bits per heavy atom. The summed E-state index contributed by atoms with van der Waals surface area (Å²) in [6.45, 7) is 5.72. The highest BCUT2D eigenvalue weighted by atomic mass is 28.3. The van der Waals surface area contributed by atoms with Crippen molar-refractivity contribution in [1.82, 2.24) is 0 Å². The summed E-state index contributed by atoms with van der Waals surface area (Å²) in [6, 6.07) is 0. The summed E-state index contributed by atoms with van der Waals surface area (Å²) in [5.74, 6) is 0. The molecule has 0 radical (unpaired) electrons. The fraction of sp³-hybridized carbons (Fsp3) is 0.750. The van der Waals surface area contributed by atoms with Crippen LogP contribution in [0.1, 0.15) is 6.92 Å². The van der Waals surface area contributed by atoms with Gasteiger partial charge in [0.25, 0.3) is 0 Å². The quantitative estimate of drug-likeness (QED) is 0.443. The van der Waals surface area contributed by atoms with Crippen molar-refractivity contribution in [3.8, 4) is 0 Å². The Morgan fingerprint density at radius 3 is 1.67 bits per heavy atom. The molecule has 0 rings (SSSR count). The van der Waals surface area contributed by atoms with Gasteiger partial charge in [-0.1, -0.05) is 13.1 Å². The predicted molar refractivity (Wildman–Crippen MR) is 29.6 cm³/mol. The van der Waals surface area contributed by atoms with Gasteiger partial charge >= 0.3 is 0 Å². The first-order chi connectivity index (χ1) is 2.64. The third-order valence-corrected chi connectivity index (χ3v) is 2.44. The van der Waals surface area contributed by atoms with Gasteiger partial charge in [-0.15, -0.1) is 0 Å². The monoisotopic (exact) mass is 102 g/mol. The first-order valence-electron chi connectivity index (χ1n) is 2.15. The minimum Gasteiger partial charge on any atom is -0.306 e. The molecule has 0 aliphatic heterocycles. The van der Waals surface area contributed by atoms with E-state index < -0.39 is 8.80 Å². The van der Waals surface area contributed by atoms with E-state index in [9.17, 15) is 4.79 Å². The number of carbonyl (C=O) groups excluding carboxylic acids is 1. The largest absolute Gasteiger partial charge is 0.306 e. The van der Waals surface area contributed by atoms with Crippen molar-refractivity contribution in [3.05, 3.63) is 0 Å². The fourth-order valence-corrected chi connectivity index (χ4v) is 0. The van der Waals surface area contributed by atoms with Gasteiger partial charge in [-0.25, -0.2) is 0 Å². The molecule has 0 spiro atoms. The Bertz CT molecular complexity index is 58.6. The number of rotatable bonds is 1. The van der Waals surface area contributed by atoms with Crippen LogP contribution in [0.25, 0.3) is 0 Å². The van der Waals surface area contributed by atoms with Crippen molar-refractivity contribution in [2.75, 3.05) is 0 Å². The van der Waals surface area contributed by atoms with E-state index in [1.807, 2.05) is 13.1 Å². The second-order valence-electron chi connectivity index (χ2n) is 1.77. The molecular formula is C4H10OSi. The Balaban J connectivity index is 3.26. The third kappa shape index (κ3) is 2.14. The Labute approximate surface area is 40.0 Å². The van der Waals surface area contributed by atoms with E-state index in [4.69, 9.17) is 0 Å². The van der Waals surface area contributed by atoms with E-state index >= 15 is 0 Å². The van der Waals surface area contributed by atoms with Crippen molar-refractivity contribution in [3.63, 3.8) is 0 Å². The standard InChI is InChI=1S/C4H10OSi/c1-4(5)6(2)3/h6H,1-3H3. The average Bonchev–Trinajstić information content (AvgIpc) is 1.36. The summed E-state index contributed by atoms with van der Waals surface area (Å²) in [5, 5.41) is 0.398. The van der Waals surface area contributed by atoms with E-state index in [0.717, 1.165) is 0 Å². The molecule has 0 heterocycles. The highest BCUT2D eigenvalue weighted by molar-refractivity contribution is 6.87. The minimum atomic E-state index is -0.883. The van der Waals surface area contributed by atoms with Crippen LogP contribution >= 0.6 is 0 Å². The Morgan fingerprint density at radius 1 is 1.50 bits per heavy atom. The highest BCUT2D eigenvalue weighted by Crippen LogP contribution is 1.77. The molecule has 0 atom stereocenters. The van der Waals surface area contributed by atoms with Gasteiger partial charge in [0.15, 0.2) is 0 Å². The lowest BCUT2D eigenvalue weighted by Gasteiger charge is -1.88. The summed E-state index contributed by atoms with van der Waals surface area (Å²) in [4.78, 5) is 10.2. The van der Waals surface area contributed by atoms with E-state index in [1.54, 1.807) is 6.92 Å². The SMILES string of the molecule is CC(=O)[SiH](C)C. The first kappa shape index (κ1) is 5.89. The zero-order valence-corrected chi connectivity index (χ0v) is 5.64. The molecule has 0 aliphatic carbocycles. The molecule has 0 amide bonds. The second kappa shape index (κ2) is 2.13. The van der Waals surface area contributed by atoms with Crippen LogP contribution in [0.4, 0.5) is 0 Å². The molecule has 0 saturated heterocycles. The van der Waals surface area contributed by atoms with Crippen LogP contribution in [-0.2, 0) is 4.79 Å². The van der Waals surface area contributed by atoms with Gasteiger partial charge in [-0.2, -0.15) is 0 Å². The zero-order valence-electron chi connectivity index (χ0n) is 4.49. The molecule has 0 fully saturated rings. The molecule has 0 saturated carbocycles. The lowest BCUT2D eigenvalue weighted by Crippen LogP contribution is -2.11. The maximum atomic E-state index is 10.2. The molecule has 1 nitrogen and oxygen atoms in total. The zero-order chi connectivity index (χ0) is 5.15. The topological polar surface area (TPSA) is 17.1 Å². The number of hydrogen-bond donors (Lipinski definition) is 0. The molecule has 0 N–H and O–H groups in total.